The molecule has 0 aliphatic heterocycles. The van der Waals surface area contributed by atoms with E-state index in [0.29, 0.717) is 12.2 Å². The highest BCUT2D eigenvalue weighted by Crippen LogP contribution is 2.61. The lowest BCUT2D eigenvalue weighted by atomic mass is 9.87. The summed E-state index contributed by atoms with van der Waals surface area (Å²) in [5.41, 5.74) is 5.95. The van der Waals surface area contributed by atoms with Gasteiger partial charge in [-0.05, 0) is 60.8 Å². The molecule has 2 nitrogen and oxygen atoms in total. The van der Waals surface area contributed by atoms with Crippen LogP contribution in [0.1, 0.15) is 99.3 Å². The molecule has 0 aromatic heterocycles. The van der Waals surface area contributed by atoms with Gasteiger partial charge in [0, 0.05) is 31.9 Å². The number of hydrogen-bond acceptors (Lipinski definition) is 4. The molecule has 2 saturated carbocycles. The molecule has 6 rings (SSSR count). The van der Waals surface area contributed by atoms with E-state index in [2.05, 4.69) is 143 Å². The molecule has 0 N–H and O–H groups in total. The Bertz CT molecular complexity index is 1290. The number of hydrogen-bond donors (Lipinski definition) is 0. The van der Waals surface area contributed by atoms with E-state index in [9.17, 15) is 0 Å². The molecule has 2 unspecified atom stereocenters. The van der Waals surface area contributed by atoms with E-state index in [1.165, 1.54) is 86.5 Å². The van der Waals surface area contributed by atoms with Gasteiger partial charge in [-0.15, -0.1) is 0 Å². The summed E-state index contributed by atoms with van der Waals surface area (Å²) >= 11 is 0. The Balaban J connectivity index is 1.42. The summed E-state index contributed by atoms with van der Waals surface area (Å²) in [6.45, 7) is 0. The topological polar surface area (TPSA) is 18.5 Å². The molecule has 4 aromatic rings. The van der Waals surface area contributed by atoms with Crippen LogP contribution in [-0.2, 0) is 19.0 Å². The summed E-state index contributed by atoms with van der Waals surface area (Å²) in [6, 6.07) is 45.2. The van der Waals surface area contributed by atoms with Crippen molar-refractivity contribution in [3.8, 4) is 0 Å². The zero-order valence-electron chi connectivity index (χ0n) is 29.0. The van der Waals surface area contributed by atoms with E-state index in [0.717, 1.165) is 33.3 Å². The van der Waals surface area contributed by atoms with Crippen molar-refractivity contribution in [2.75, 3.05) is 0 Å². The second-order valence-corrected chi connectivity index (χ2v) is 19.4. The first kappa shape index (κ1) is 35.7. The van der Waals surface area contributed by atoms with Gasteiger partial charge in [-0.1, -0.05) is 181 Å². The maximum Gasteiger partial charge on any atom is 0.0782 e. The standard InChI is InChI=1S/C42H54O2S2Si2/c47-39(43-37-27-15-5-16-28-37)31-41(33-19-7-1-8-20-33,34-21-9-2-10-22-34)45-46-42(35-23-11-3-12-24-35,36-25-13-4-14-26-36)32-40(48)44-38-29-17-6-18-30-38/h1-4,7-14,19-26,37-40H,5-6,15-18,27-32H2,47-48H3. The van der Waals surface area contributed by atoms with Crippen molar-refractivity contribution in [1.29, 1.82) is 0 Å². The molecular formula is C42H54O2S2Si2. The minimum absolute atomic E-state index is 0.255. The highest BCUT2D eigenvalue weighted by molar-refractivity contribution is 8.77. The van der Waals surface area contributed by atoms with Gasteiger partial charge in [0.25, 0.3) is 0 Å². The fourth-order valence-electron chi connectivity index (χ4n) is 8.00. The third kappa shape index (κ3) is 8.99. The molecule has 6 heteroatoms. The van der Waals surface area contributed by atoms with Crippen LogP contribution in [0.15, 0.2) is 121 Å². The molecule has 4 aromatic carbocycles. The molecule has 0 radical (unpaired) electrons. The second kappa shape index (κ2) is 17.7. The summed E-state index contributed by atoms with van der Waals surface area (Å²) < 4.78 is 13.4. The molecule has 0 saturated heterocycles. The lowest BCUT2D eigenvalue weighted by Gasteiger charge is -2.42. The van der Waals surface area contributed by atoms with Gasteiger partial charge in [0.2, 0.25) is 0 Å². The van der Waals surface area contributed by atoms with Crippen molar-refractivity contribution in [1.82, 2.24) is 0 Å². The predicted molar refractivity (Wildman–Crippen MR) is 215 cm³/mol. The van der Waals surface area contributed by atoms with Crippen LogP contribution in [-0.4, -0.2) is 44.1 Å². The average Bonchev–Trinajstić information content (AvgIpc) is 3.15. The summed E-state index contributed by atoms with van der Waals surface area (Å²) in [7, 11) is 6.13. The van der Waals surface area contributed by atoms with Gasteiger partial charge in [0.15, 0.2) is 0 Å². The van der Waals surface area contributed by atoms with Gasteiger partial charge in [-0.2, -0.15) is 0 Å². The monoisotopic (exact) mass is 710 g/mol. The Labute approximate surface area is 303 Å². The fourth-order valence-corrected chi connectivity index (χ4v) is 14.8. The van der Waals surface area contributed by atoms with Gasteiger partial charge in [0.05, 0.1) is 21.7 Å². The average molecular weight is 711 g/mol. The molecule has 0 bridgehead atoms. The molecule has 2 aliphatic carbocycles. The van der Waals surface area contributed by atoms with E-state index < -0.39 is 0 Å². The van der Waals surface area contributed by atoms with Crippen LogP contribution >= 0.6 is 21.6 Å². The molecule has 48 heavy (non-hydrogen) atoms. The first-order chi connectivity index (χ1) is 23.6. The highest BCUT2D eigenvalue weighted by Gasteiger charge is 2.44. The molecule has 0 heterocycles. The van der Waals surface area contributed by atoms with Crippen molar-refractivity contribution in [3.05, 3.63) is 144 Å². The lowest BCUT2D eigenvalue weighted by Crippen LogP contribution is -2.36. The van der Waals surface area contributed by atoms with Gasteiger partial charge in [-0.25, -0.2) is 0 Å². The number of benzene rings is 4. The molecular weight excluding hydrogens is 657 g/mol. The van der Waals surface area contributed by atoms with Crippen LogP contribution in [0.4, 0.5) is 0 Å². The Morgan fingerprint density at radius 3 is 1.00 bits per heavy atom. The van der Waals surface area contributed by atoms with Crippen LogP contribution in [0.5, 0.6) is 0 Å². The fraction of sp³-hybridized carbons (Fsp3) is 0.429. The van der Waals surface area contributed by atoms with Gasteiger partial charge in [0.1, 0.15) is 0 Å². The Kier molecular flexibility index (Phi) is 13.2. The zero-order valence-corrected chi connectivity index (χ0v) is 34.6. The Morgan fingerprint density at radius 2 is 0.729 bits per heavy atom. The molecule has 2 atom stereocenters. The summed E-state index contributed by atoms with van der Waals surface area (Å²) in [5, 5.41) is 0. The SMILES string of the molecule is [SiH3]C(CC(SSC(CC([SiH3])OC1CCCCC1)(c1ccccc1)c1ccccc1)(c1ccccc1)c1ccccc1)OC1CCCCC1. The van der Waals surface area contributed by atoms with E-state index in [-0.39, 0.29) is 20.9 Å². The van der Waals surface area contributed by atoms with Crippen molar-refractivity contribution in [3.63, 3.8) is 0 Å². The Hall–Kier alpha value is -2.07. The van der Waals surface area contributed by atoms with Gasteiger partial charge >= 0.3 is 0 Å². The van der Waals surface area contributed by atoms with Crippen molar-refractivity contribution < 1.29 is 9.47 Å². The maximum absolute atomic E-state index is 6.96. The first-order valence-electron chi connectivity index (χ1n) is 18.5. The minimum Gasteiger partial charge on any atom is -0.379 e. The lowest BCUT2D eigenvalue weighted by molar-refractivity contribution is 0.00215. The van der Waals surface area contributed by atoms with Crippen LogP contribution in [0, 0.1) is 0 Å². The van der Waals surface area contributed by atoms with Crippen molar-refractivity contribution >= 4 is 42.1 Å². The van der Waals surface area contributed by atoms with Crippen LogP contribution in [0.2, 0.25) is 0 Å². The molecule has 0 amide bonds. The summed E-state index contributed by atoms with van der Waals surface area (Å²) in [5.74, 6) is 0. The predicted octanol–water partition coefficient (Wildman–Crippen LogP) is 9.12. The van der Waals surface area contributed by atoms with E-state index in [4.69, 9.17) is 9.47 Å². The molecule has 254 valence electrons. The van der Waals surface area contributed by atoms with Crippen LogP contribution in [0.25, 0.3) is 0 Å². The highest BCUT2D eigenvalue weighted by atomic mass is 33.1. The zero-order chi connectivity index (χ0) is 33.1. The largest absolute Gasteiger partial charge is 0.379 e. The maximum atomic E-state index is 6.96. The van der Waals surface area contributed by atoms with E-state index in [1.54, 1.807) is 0 Å². The second-order valence-electron chi connectivity index (χ2n) is 14.1. The third-order valence-electron chi connectivity index (χ3n) is 10.4. The van der Waals surface area contributed by atoms with Crippen LogP contribution in [0.3, 0.4) is 0 Å². The van der Waals surface area contributed by atoms with Crippen molar-refractivity contribution in [2.45, 2.75) is 110 Å². The smallest absolute Gasteiger partial charge is 0.0782 e. The first-order valence-corrected chi connectivity index (χ1v) is 22.9. The van der Waals surface area contributed by atoms with E-state index >= 15 is 0 Å². The quantitative estimate of drug-likeness (QED) is 0.0905. The van der Waals surface area contributed by atoms with E-state index in [1.807, 2.05) is 0 Å². The summed E-state index contributed by atoms with van der Waals surface area (Å²) in [6.07, 6.45) is 15.4. The normalized spacial score (nSPS) is 18.1. The van der Waals surface area contributed by atoms with Gasteiger partial charge < -0.3 is 9.47 Å². The molecule has 2 fully saturated rings. The number of rotatable bonds is 15. The number of ether oxygens (including phenoxy) is 2. The van der Waals surface area contributed by atoms with Gasteiger partial charge in [-0.3, -0.25) is 0 Å². The van der Waals surface area contributed by atoms with Crippen molar-refractivity contribution in [2.24, 2.45) is 0 Å². The minimum atomic E-state index is -0.284. The summed E-state index contributed by atoms with van der Waals surface area (Å²) in [4.78, 5) is 0. The molecule has 2 aliphatic rings. The third-order valence-corrected chi connectivity index (χ3v) is 15.6. The molecule has 0 spiro atoms. The van der Waals surface area contributed by atoms with Crippen LogP contribution < -0.4 is 0 Å². The Morgan fingerprint density at radius 1 is 0.458 bits per heavy atom.